The number of halogens is 1. The maximum absolute atomic E-state index is 10.6. The van der Waals surface area contributed by atoms with E-state index in [1.807, 2.05) is 55.8 Å². The fourth-order valence-electron chi connectivity index (χ4n) is 3.48. The number of aromatic nitrogens is 2. The van der Waals surface area contributed by atoms with Crippen LogP contribution in [0.25, 0.3) is 16.6 Å². The summed E-state index contributed by atoms with van der Waals surface area (Å²) in [4.78, 5) is 6.46. The van der Waals surface area contributed by atoms with Crippen LogP contribution in [0.3, 0.4) is 0 Å². The first kappa shape index (κ1) is 16.7. The normalized spacial score (nSPS) is 14.8. The topological polar surface area (TPSA) is 65.1 Å². The summed E-state index contributed by atoms with van der Waals surface area (Å²) >= 11 is 6.05. The number of amidine groups is 1. The van der Waals surface area contributed by atoms with Crippen molar-refractivity contribution in [2.75, 3.05) is 11.4 Å². The molecule has 0 saturated heterocycles. The summed E-state index contributed by atoms with van der Waals surface area (Å²) in [5, 5.41) is 19.9. The largest absolute Gasteiger partial charge is 0.509 e. The van der Waals surface area contributed by atoms with Gasteiger partial charge in [0.1, 0.15) is 17.4 Å². The van der Waals surface area contributed by atoms with E-state index in [0.717, 1.165) is 27.8 Å². The Kier molecular flexibility index (Phi) is 3.77. The summed E-state index contributed by atoms with van der Waals surface area (Å²) in [6.45, 7) is 4.22. The molecule has 0 fully saturated rings. The highest BCUT2D eigenvalue weighted by Crippen LogP contribution is 2.34. The van der Waals surface area contributed by atoms with E-state index in [1.165, 1.54) is 0 Å². The van der Waals surface area contributed by atoms with Gasteiger partial charge in [-0.3, -0.25) is 5.41 Å². The molecule has 0 saturated carbocycles. The molecule has 0 bridgehead atoms. The van der Waals surface area contributed by atoms with E-state index >= 15 is 0 Å². The zero-order chi connectivity index (χ0) is 18.6. The fourth-order valence-corrected chi connectivity index (χ4v) is 3.70. The van der Waals surface area contributed by atoms with Crippen molar-refractivity contribution < 1.29 is 5.11 Å². The minimum Gasteiger partial charge on any atom is -0.509 e. The van der Waals surface area contributed by atoms with Crippen molar-refractivity contribution in [2.45, 2.75) is 13.8 Å². The summed E-state index contributed by atoms with van der Waals surface area (Å²) in [5.41, 5.74) is 5.24. The van der Waals surface area contributed by atoms with Gasteiger partial charge in [0.2, 0.25) is 0 Å². The molecule has 2 N–H and O–H groups in total. The molecule has 0 radical (unpaired) electrons. The van der Waals surface area contributed by atoms with Gasteiger partial charge in [0.15, 0.2) is 0 Å². The predicted octanol–water partition coefficient (Wildman–Crippen LogP) is 4.61. The van der Waals surface area contributed by atoms with Gasteiger partial charge >= 0.3 is 0 Å². The molecule has 5 nitrogen and oxygen atoms in total. The third-order valence-corrected chi connectivity index (χ3v) is 5.05. The number of imidazole rings is 1. The number of anilines is 1. The highest BCUT2D eigenvalue weighted by molar-refractivity contribution is 6.32. The summed E-state index contributed by atoms with van der Waals surface area (Å²) in [5.74, 6) is 0.991. The Hall–Kier alpha value is -2.79. The highest BCUT2D eigenvalue weighted by Gasteiger charge is 2.32. The zero-order valence-corrected chi connectivity index (χ0v) is 15.6. The molecule has 0 aliphatic carbocycles. The Morgan fingerprint density at radius 2 is 1.92 bits per heavy atom. The average Bonchev–Trinajstić information content (AvgIpc) is 3.04. The van der Waals surface area contributed by atoms with Gasteiger partial charge in [-0.1, -0.05) is 17.7 Å². The Morgan fingerprint density at radius 3 is 2.65 bits per heavy atom. The van der Waals surface area contributed by atoms with Gasteiger partial charge in [-0.25, -0.2) is 4.98 Å². The van der Waals surface area contributed by atoms with Crippen LogP contribution in [0.15, 0.2) is 42.2 Å². The Bertz CT molecular complexity index is 1100. The number of rotatable bonds is 2. The molecular formula is C20H19ClN4O. The van der Waals surface area contributed by atoms with Crippen molar-refractivity contribution in [1.29, 1.82) is 5.41 Å². The SMILES string of the molecule is Cc1ccc2c(c1)nc(C1=C(O)CN(c3ccc(Cl)cc3C)C1=N)n2C. The molecule has 1 aromatic heterocycles. The molecule has 26 heavy (non-hydrogen) atoms. The number of fused-ring (bicyclic) bond motifs is 1. The second-order valence-corrected chi connectivity index (χ2v) is 7.11. The molecule has 0 unspecified atom stereocenters. The molecule has 0 atom stereocenters. The first-order valence-electron chi connectivity index (χ1n) is 8.35. The lowest BCUT2D eigenvalue weighted by Crippen LogP contribution is -2.27. The van der Waals surface area contributed by atoms with Gasteiger partial charge in [0.05, 0.1) is 23.2 Å². The molecule has 1 aliphatic heterocycles. The van der Waals surface area contributed by atoms with Crippen molar-refractivity contribution >= 4 is 39.7 Å². The molecule has 2 heterocycles. The minimum absolute atomic E-state index is 0.152. The summed E-state index contributed by atoms with van der Waals surface area (Å²) in [6, 6.07) is 11.6. The number of aliphatic hydroxyl groups excluding tert-OH is 1. The Balaban J connectivity index is 1.79. The standard InChI is InChI=1S/C20H19ClN4O/c1-11-4-6-16-14(8-11)23-20(24(16)3)18-17(26)10-25(19(18)22)15-7-5-13(21)9-12(15)2/h4-9,22,26H,10H2,1-3H3. The second kappa shape index (κ2) is 5.88. The second-order valence-electron chi connectivity index (χ2n) is 6.67. The lowest BCUT2D eigenvalue weighted by Gasteiger charge is -2.21. The molecule has 2 aromatic carbocycles. The van der Waals surface area contributed by atoms with Crippen LogP contribution in [0.5, 0.6) is 0 Å². The first-order valence-corrected chi connectivity index (χ1v) is 8.73. The van der Waals surface area contributed by atoms with Crippen molar-refractivity contribution in [3.05, 3.63) is 64.1 Å². The van der Waals surface area contributed by atoms with Crippen LogP contribution in [0, 0.1) is 19.3 Å². The first-order chi connectivity index (χ1) is 12.4. The maximum atomic E-state index is 10.6. The molecule has 3 aromatic rings. The zero-order valence-electron chi connectivity index (χ0n) is 14.8. The molecule has 6 heteroatoms. The van der Waals surface area contributed by atoms with Gasteiger partial charge < -0.3 is 14.6 Å². The molecule has 1 aliphatic rings. The third-order valence-electron chi connectivity index (χ3n) is 4.81. The molecule has 0 spiro atoms. The van der Waals surface area contributed by atoms with Gasteiger partial charge in [0.25, 0.3) is 0 Å². The third kappa shape index (κ3) is 2.47. The van der Waals surface area contributed by atoms with E-state index in [1.54, 1.807) is 11.0 Å². The quantitative estimate of drug-likeness (QED) is 0.696. The average molecular weight is 367 g/mol. The van der Waals surface area contributed by atoms with Crippen LogP contribution in [-0.4, -0.2) is 27.0 Å². The molecule has 0 amide bonds. The molecule has 4 rings (SSSR count). The number of nitrogens with zero attached hydrogens (tertiary/aromatic N) is 3. The van der Waals surface area contributed by atoms with Crippen molar-refractivity contribution in [1.82, 2.24) is 9.55 Å². The monoisotopic (exact) mass is 366 g/mol. The smallest absolute Gasteiger partial charge is 0.148 e. The van der Waals surface area contributed by atoms with Crippen molar-refractivity contribution in [3.8, 4) is 0 Å². The number of hydrogen-bond acceptors (Lipinski definition) is 3. The number of aliphatic hydroxyl groups is 1. The van der Waals surface area contributed by atoms with E-state index in [4.69, 9.17) is 17.0 Å². The highest BCUT2D eigenvalue weighted by atomic mass is 35.5. The van der Waals surface area contributed by atoms with Gasteiger partial charge in [-0.05, 0) is 55.3 Å². The molecule has 132 valence electrons. The fraction of sp³-hybridized carbons (Fsp3) is 0.200. The lowest BCUT2D eigenvalue weighted by molar-refractivity contribution is 0.411. The maximum Gasteiger partial charge on any atom is 0.148 e. The number of benzene rings is 2. The van der Waals surface area contributed by atoms with Crippen molar-refractivity contribution in [3.63, 3.8) is 0 Å². The van der Waals surface area contributed by atoms with Crippen LogP contribution in [0.4, 0.5) is 5.69 Å². The van der Waals surface area contributed by atoms with Crippen LogP contribution < -0.4 is 4.90 Å². The van der Waals surface area contributed by atoms with Crippen LogP contribution in [-0.2, 0) is 7.05 Å². The van der Waals surface area contributed by atoms with Gasteiger partial charge in [-0.15, -0.1) is 0 Å². The summed E-state index contributed by atoms with van der Waals surface area (Å²) in [7, 11) is 1.91. The number of aryl methyl sites for hydroxylation is 3. The van der Waals surface area contributed by atoms with Crippen molar-refractivity contribution in [2.24, 2.45) is 7.05 Å². The van der Waals surface area contributed by atoms with E-state index < -0.39 is 0 Å². The van der Waals surface area contributed by atoms with Crippen LogP contribution in [0.2, 0.25) is 5.02 Å². The van der Waals surface area contributed by atoms with Crippen LogP contribution in [0.1, 0.15) is 17.0 Å². The number of nitrogens with one attached hydrogen (secondary N) is 1. The van der Waals surface area contributed by atoms with E-state index in [9.17, 15) is 5.11 Å². The van der Waals surface area contributed by atoms with Crippen LogP contribution >= 0.6 is 11.6 Å². The van der Waals surface area contributed by atoms with E-state index in [2.05, 4.69) is 4.98 Å². The minimum atomic E-state index is 0.152. The summed E-state index contributed by atoms with van der Waals surface area (Å²) in [6.07, 6.45) is 0. The summed E-state index contributed by atoms with van der Waals surface area (Å²) < 4.78 is 1.92. The lowest BCUT2D eigenvalue weighted by atomic mass is 10.1. The van der Waals surface area contributed by atoms with Gasteiger partial charge in [0, 0.05) is 17.8 Å². The predicted molar refractivity (Wildman–Crippen MR) is 106 cm³/mol. The Morgan fingerprint density at radius 1 is 1.15 bits per heavy atom. The van der Waals surface area contributed by atoms with E-state index in [-0.39, 0.29) is 18.1 Å². The molecular weight excluding hydrogens is 348 g/mol. The van der Waals surface area contributed by atoms with E-state index in [0.29, 0.717) is 16.4 Å². The van der Waals surface area contributed by atoms with Gasteiger partial charge in [-0.2, -0.15) is 0 Å². The number of hydrogen-bond donors (Lipinski definition) is 2. The Labute approximate surface area is 156 Å².